The molecule has 114 valence electrons. The largest absolute Gasteiger partial charge is 0.368 e. The number of aromatic nitrogens is 2. The van der Waals surface area contributed by atoms with Crippen LogP contribution in [0.3, 0.4) is 0 Å². The minimum atomic E-state index is -0.121. The van der Waals surface area contributed by atoms with Crippen molar-refractivity contribution < 1.29 is 4.79 Å². The fourth-order valence-electron chi connectivity index (χ4n) is 2.53. The third kappa shape index (κ3) is 2.75. The third-order valence-corrected chi connectivity index (χ3v) is 3.79. The van der Waals surface area contributed by atoms with Gasteiger partial charge in [0.15, 0.2) is 0 Å². The number of nitrogens with two attached hydrogens (primary N) is 1. The number of nitrogens with zero attached hydrogens (tertiary/aromatic N) is 3. The summed E-state index contributed by atoms with van der Waals surface area (Å²) in [7, 11) is 3.94. The lowest BCUT2D eigenvalue weighted by Crippen LogP contribution is -2.13. The van der Waals surface area contributed by atoms with Crippen molar-refractivity contribution in [3.63, 3.8) is 0 Å². The third-order valence-electron chi connectivity index (χ3n) is 3.44. The second kappa shape index (κ2) is 5.55. The molecule has 22 heavy (non-hydrogen) atoms. The van der Waals surface area contributed by atoms with Gasteiger partial charge < -0.3 is 16.0 Å². The van der Waals surface area contributed by atoms with Crippen LogP contribution in [-0.2, 0) is 17.8 Å². The SMILES string of the molecule is CN(C)Cc1cc2c(cc1Cl)NC(=O)Cc1cnc(N)nc1-2. The van der Waals surface area contributed by atoms with Crippen LogP contribution >= 0.6 is 11.6 Å². The molecule has 0 saturated carbocycles. The summed E-state index contributed by atoms with van der Waals surface area (Å²) in [6.07, 6.45) is 1.82. The number of carbonyl (C=O) groups excluding carboxylic acids is 1. The Morgan fingerprint density at radius 2 is 2.18 bits per heavy atom. The summed E-state index contributed by atoms with van der Waals surface area (Å²) in [4.78, 5) is 22.3. The van der Waals surface area contributed by atoms with Crippen LogP contribution in [0.25, 0.3) is 11.3 Å². The molecule has 2 aromatic rings. The van der Waals surface area contributed by atoms with E-state index in [9.17, 15) is 4.79 Å². The van der Waals surface area contributed by atoms with Gasteiger partial charge in [-0.25, -0.2) is 9.97 Å². The molecule has 6 nitrogen and oxygen atoms in total. The number of benzene rings is 1. The Hall–Kier alpha value is -2.18. The molecule has 0 bridgehead atoms. The highest BCUT2D eigenvalue weighted by Gasteiger charge is 2.22. The Kier molecular flexibility index (Phi) is 3.72. The minimum absolute atomic E-state index is 0.121. The van der Waals surface area contributed by atoms with E-state index >= 15 is 0 Å². The van der Waals surface area contributed by atoms with Gasteiger partial charge in [-0.3, -0.25) is 4.79 Å². The Balaban J connectivity index is 2.22. The molecule has 3 rings (SSSR count). The van der Waals surface area contributed by atoms with Gasteiger partial charge >= 0.3 is 0 Å². The second-order valence-corrected chi connectivity index (χ2v) is 5.96. The van der Waals surface area contributed by atoms with Crippen LogP contribution in [0.2, 0.25) is 5.02 Å². The molecule has 1 aromatic heterocycles. The monoisotopic (exact) mass is 317 g/mol. The Morgan fingerprint density at radius 3 is 2.91 bits per heavy atom. The van der Waals surface area contributed by atoms with Gasteiger partial charge in [-0.15, -0.1) is 0 Å². The Bertz CT molecular complexity index is 760. The number of hydrogen-bond acceptors (Lipinski definition) is 5. The zero-order chi connectivity index (χ0) is 15.9. The minimum Gasteiger partial charge on any atom is -0.368 e. The molecule has 0 radical (unpaired) electrons. The van der Waals surface area contributed by atoms with Gasteiger partial charge in [0.25, 0.3) is 0 Å². The molecule has 7 heteroatoms. The maximum Gasteiger partial charge on any atom is 0.228 e. The van der Waals surface area contributed by atoms with Crippen molar-refractivity contribution in [1.29, 1.82) is 0 Å². The first-order valence-corrected chi connectivity index (χ1v) is 7.20. The number of rotatable bonds is 2. The van der Waals surface area contributed by atoms with Crippen molar-refractivity contribution in [1.82, 2.24) is 14.9 Å². The van der Waals surface area contributed by atoms with Gasteiger partial charge in [-0.1, -0.05) is 11.6 Å². The first-order chi connectivity index (χ1) is 10.4. The van der Waals surface area contributed by atoms with E-state index in [1.165, 1.54) is 0 Å². The van der Waals surface area contributed by atoms with Crippen molar-refractivity contribution in [2.45, 2.75) is 13.0 Å². The van der Waals surface area contributed by atoms with E-state index in [2.05, 4.69) is 15.3 Å². The predicted octanol–water partition coefficient (Wildman–Crippen LogP) is 1.94. The smallest absolute Gasteiger partial charge is 0.228 e. The highest BCUT2D eigenvalue weighted by Crippen LogP contribution is 2.36. The molecule has 3 N–H and O–H groups in total. The summed E-state index contributed by atoms with van der Waals surface area (Å²) in [5.41, 5.74) is 9.57. The zero-order valence-electron chi connectivity index (χ0n) is 12.4. The first kappa shape index (κ1) is 14.7. The average Bonchev–Trinajstić information content (AvgIpc) is 2.55. The Labute approximate surface area is 133 Å². The van der Waals surface area contributed by atoms with E-state index in [1.54, 1.807) is 12.3 Å². The second-order valence-electron chi connectivity index (χ2n) is 5.55. The maximum absolute atomic E-state index is 12.0. The molecule has 1 aliphatic heterocycles. The summed E-state index contributed by atoms with van der Waals surface area (Å²) in [6.45, 7) is 0.690. The number of amides is 1. The van der Waals surface area contributed by atoms with E-state index in [0.29, 0.717) is 22.9 Å². The van der Waals surface area contributed by atoms with Gasteiger partial charge in [-0.2, -0.15) is 0 Å². The number of nitrogen functional groups attached to an aromatic ring is 1. The first-order valence-electron chi connectivity index (χ1n) is 6.83. The van der Waals surface area contributed by atoms with Crippen LogP contribution < -0.4 is 11.1 Å². The number of anilines is 2. The number of halogens is 1. The standard InChI is InChI=1S/C15H16ClN5O/c1-21(2)7-9-3-10-12(5-11(9)16)19-13(22)4-8-6-18-15(17)20-14(8)10/h3,5-6H,4,7H2,1-2H3,(H,19,22)(H2,17,18,20). The quantitative estimate of drug-likeness (QED) is 0.884. The molecule has 1 aliphatic rings. The molecule has 0 saturated heterocycles. The summed E-state index contributed by atoms with van der Waals surface area (Å²) < 4.78 is 0. The van der Waals surface area contributed by atoms with E-state index in [-0.39, 0.29) is 18.3 Å². The lowest BCUT2D eigenvalue weighted by atomic mass is 10.0. The van der Waals surface area contributed by atoms with Crippen LogP contribution in [0.5, 0.6) is 0 Å². The van der Waals surface area contributed by atoms with Crippen molar-refractivity contribution >= 4 is 29.1 Å². The molecule has 0 fully saturated rings. The van der Waals surface area contributed by atoms with Gasteiger partial charge in [-0.05, 0) is 31.8 Å². The fraction of sp³-hybridized carbons (Fsp3) is 0.267. The molecule has 2 heterocycles. The summed E-state index contributed by atoms with van der Waals surface area (Å²) in [5, 5.41) is 3.47. The van der Waals surface area contributed by atoms with Crippen LogP contribution in [0.4, 0.5) is 11.6 Å². The van der Waals surface area contributed by atoms with Gasteiger partial charge in [0.2, 0.25) is 11.9 Å². The number of carbonyl (C=O) groups is 1. The molecule has 0 unspecified atom stereocenters. The van der Waals surface area contributed by atoms with E-state index in [1.807, 2.05) is 25.1 Å². The predicted molar refractivity (Wildman–Crippen MR) is 86.6 cm³/mol. The highest BCUT2D eigenvalue weighted by molar-refractivity contribution is 6.32. The van der Waals surface area contributed by atoms with Gasteiger partial charge in [0, 0.05) is 28.9 Å². The average molecular weight is 318 g/mol. The molecule has 0 spiro atoms. The molecule has 0 atom stereocenters. The van der Waals surface area contributed by atoms with E-state index < -0.39 is 0 Å². The maximum atomic E-state index is 12.0. The summed E-state index contributed by atoms with van der Waals surface area (Å²) in [6, 6.07) is 3.72. The van der Waals surface area contributed by atoms with Crippen molar-refractivity contribution in [3.05, 3.63) is 34.5 Å². The highest BCUT2D eigenvalue weighted by atomic mass is 35.5. The molecular formula is C15H16ClN5O. The summed E-state index contributed by atoms with van der Waals surface area (Å²) in [5.74, 6) is 0.0629. The van der Waals surface area contributed by atoms with Gasteiger partial charge in [0.05, 0.1) is 17.8 Å². The molecule has 1 amide bonds. The lowest BCUT2D eigenvalue weighted by molar-refractivity contribution is -0.115. The van der Waals surface area contributed by atoms with Gasteiger partial charge in [0.1, 0.15) is 0 Å². The molecule has 1 aromatic carbocycles. The normalized spacial score (nSPS) is 13.4. The van der Waals surface area contributed by atoms with Crippen molar-refractivity contribution in [2.24, 2.45) is 0 Å². The van der Waals surface area contributed by atoms with Crippen LogP contribution in [0, 0.1) is 0 Å². The van der Waals surface area contributed by atoms with Crippen LogP contribution in [-0.4, -0.2) is 34.9 Å². The van der Waals surface area contributed by atoms with E-state index in [0.717, 1.165) is 16.7 Å². The Morgan fingerprint density at radius 1 is 1.41 bits per heavy atom. The van der Waals surface area contributed by atoms with Crippen LogP contribution in [0.1, 0.15) is 11.1 Å². The van der Waals surface area contributed by atoms with Crippen molar-refractivity contribution in [2.75, 3.05) is 25.1 Å². The van der Waals surface area contributed by atoms with Crippen molar-refractivity contribution in [3.8, 4) is 11.3 Å². The molecular weight excluding hydrogens is 302 g/mol. The van der Waals surface area contributed by atoms with Crippen LogP contribution in [0.15, 0.2) is 18.3 Å². The fourth-order valence-corrected chi connectivity index (χ4v) is 2.75. The lowest BCUT2D eigenvalue weighted by Gasteiger charge is -2.15. The topological polar surface area (TPSA) is 84.1 Å². The zero-order valence-corrected chi connectivity index (χ0v) is 13.1. The number of fused-ring (bicyclic) bond motifs is 3. The number of nitrogens with one attached hydrogen (secondary N) is 1. The number of hydrogen-bond donors (Lipinski definition) is 2. The molecule has 0 aliphatic carbocycles. The summed E-state index contributed by atoms with van der Waals surface area (Å²) >= 11 is 6.33. The van der Waals surface area contributed by atoms with E-state index in [4.69, 9.17) is 17.3 Å².